The van der Waals surface area contributed by atoms with Crippen LogP contribution < -0.4 is 0 Å². The van der Waals surface area contributed by atoms with E-state index in [2.05, 4.69) is 19.6 Å². The third kappa shape index (κ3) is 3.18. The van der Waals surface area contributed by atoms with Crippen molar-refractivity contribution in [3.8, 4) is 6.07 Å². The monoisotopic (exact) mass is 223 g/mol. The molecule has 84 valence electrons. The largest absolute Gasteiger partial charge is 0.413 e. The Balaban J connectivity index is 2.58. The van der Waals surface area contributed by atoms with E-state index in [0.717, 1.165) is 19.1 Å². The minimum Gasteiger partial charge on any atom is -0.413 e. The van der Waals surface area contributed by atoms with Gasteiger partial charge in [-0.15, -0.1) is 6.58 Å². The van der Waals surface area contributed by atoms with Crippen LogP contribution in [-0.2, 0) is 4.43 Å². The van der Waals surface area contributed by atoms with Crippen LogP contribution in [0.1, 0.15) is 33.1 Å². The molecular formula is C12H21NOSi. The maximum absolute atomic E-state index is 8.79. The van der Waals surface area contributed by atoms with Gasteiger partial charge in [0.15, 0.2) is 0 Å². The molecule has 0 N–H and O–H groups in total. The molecule has 0 saturated carbocycles. The predicted octanol–water partition coefficient (Wildman–Crippen LogP) is 3.41. The van der Waals surface area contributed by atoms with Gasteiger partial charge in [0.1, 0.15) is 0 Å². The van der Waals surface area contributed by atoms with Crippen LogP contribution >= 0.6 is 0 Å². The van der Waals surface area contributed by atoms with Crippen molar-refractivity contribution in [1.29, 1.82) is 5.26 Å². The Hall–Kier alpha value is -0.593. The molecule has 0 spiro atoms. The van der Waals surface area contributed by atoms with E-state index in [1.165, 1.54) is 24.1 Å². The van der Waals surface area contributed by atoms with Crippen LogP contribution in [0, 0.1) is 17.2 Å². The molecule has 3 heteroatoms. The molecular weight excluding hydrogens is 202 g/mol. The van der Waals surface area contributed by atoms with E-state index >= 15 is 0 Å². The second-order valence-electron chi connectivity index (χ2n) is 4.65. The zero-order chi connectivity index (χ0) is 11.3. The standard InChI is InChI=1S/C12H21NOSi/c1-11(2)15(8-5-4-7-14-15)9-6-12(3)10-13/h12H,1,4-9H2,2-3H3. The fourth-order valence-electron chi connectivity index (χ4n) is 2.11. The van der Waals surface area contributed by atoms with Crippen LogP contribution in [0.4, 0.5) is 0 Å². The first-order chi connectivity index (χ1) is 7.10. The minimum absolute atomic E-state index is 0.152. The lowest BCUT2D eigenvalue weighted by Crippen LogP contribution is -2.43. The van der Waals surface area contributed by atoms with Gasteiger partial charge < -0.3 is 4.43 Å². The van der Waals surface area contributed by atoms with E-state index in [9.17, 15) is 0 Å². The summed E-state index contributed by atoms with van der Waals surface area (Å²) < 4.78 is 6.05. The first-order valence-electron chi connectivity index (χ1n) is 5.80. The van der Waals surface area contributed by atoms with Crippen LogP contribution in [0.15, 0.2) is 11.8 Å². The Bertz CT molecular complexity index is 263. The average Bonchev–Trinajstić information content (AvgIpc) is 2.27. The lowest BCUT2D eigenvalue weighted by atomic mass is 10.1. The highest BCUT2D eigenvalue weighted by Crippen LogP contribution is 2.33. The molecule has 0 aromatic carbocycles. The van der Waals surface area contributed by atoms with Crippen molar-refractivity contribution in [3.63, 3.8) is 0 Å². The van der Waals surface area contributed by atoms with Crippen LogP contribution in [0.3, 0.4) is 0 Å². The molecule has 15 heavy (non-hydrogen) atoms. The van der Waals surface area contributed by atoms with Crippen LogP contribution in [-0.4, -0.2) is 14.9 Å². The van der Waals surface area contributed by atoms with Crippen molar-refractivity contribution in [2.45, 2.75) is 45.2 Å². The van der Waals surface area contributed by atoms with Gasteiger partial charge in [-0.2, -0.15) is 5.26 Å². The van der Waals surface area contributed by atoms with Gasteiger partial charge in [-0.25, -0.2) is 0 Å². The quantitative estimate of drug-likeness (QED) is 0.684. The number of rotatable bonds is 4. The van der Waals surface area contributed by atoms with Crippen molar-refractivity contribution in [2.24, 2.45) is 5.92 Å². The summed E-state index contributed by atoms with van der Waals surface area (Å²) in [5.74, 6) is 0.152. The molecule has 1 fully saturated rings. The van der Waals surface area contributed by atoms with E-state index in [1.54, 1.807) is 0 Å². The third-order valence-electron chi connectivity index (χ3n) is 3.33. The summed E-state index contributed by atoms with van der Waals surface area (Å²) in [5, 5.41) is 10.0. The van der Waals surface area contributed by atoms with Crippen molar-refractivity contribution in [2.75, 3.05) is 6.61 Å². The van der Waals surface area contributed by atoms with Gasteiger partial charge in [-0.1, -0.05) is 11.6 Å². The molecule has 0 aromatic rings. The Kier molecular flexibility index (Phi) is 4.56. The lowest BCUT2D eigenvalue weighted by molar-refractivity contribution is 0.270. The maximum atomic E-state index is 8.79. The maximum Gasteiger partial charge on any atom is 0.219 e. The minimum atomic E-state index is -1.68. The molecule has 1 saturated heterocycles. The molecule has 0 aromatic heterocycles. The first kappa shape index (κ1) is 12.5. The zero-order valence-corrected chi connectivity index (χ0v) is 10.9. The van der Waals surface area contributed by atoms with Gasteiger partial charge in [0.05, 0.1) is 6.07 Å². The van der Waals surface area contributed by atoms with Gasteiger partial charge in [-0.05, 0) is 38.8 Å². The van der Waals surface area contributed by atoms with E-state index in [4.69, 9.17) is 9.69 Å². The summed E-state index contributed by atoms with van der Waals surface area (Å²) in [6.45, 7) is 9.11. The molecule has 0 bridgehead atoms. The summed E-state index contributed by atoms with van der Waals surface area (Å²) in [5.41, 5.74) is 0. The van der Waals surface area contributed by atoms with E-state index in [-0.39, 0.29) is 5.92 Å². The normalized spacial score (nSPS) is 28.1. The SMILES string of the molecule is C=C(C)[Si]1(CCC(C)C#N)CCCCO1. The van der Waals surface area contributed by atoms with Gasteiger partial charge in [0, 0.05) is 12.5 Å². The van der Waals surface area contributed by atoms with Gasteiger partial charge in [-0.3, -0.25) is 0 Å². The molecule has 1 heterocycles. The lowest BCUT2D eigenvalue weighted by Gasteiger charge is -2.36. The molecule has 1 rings (SSSR count). The molecule has 2 unspecified atom stereocenters. The van der Waals surface area contributed by atoms with Crippen molar-refractivity contribution < 1.29 is 4.43 Å². The van der Waals surface area contributed by atoms with Crippen molar-refractivity contribution >= 4 is 8.32 Å². The summed E-state index contributed by atoms with van der Waals surface area (Å²) in [6.07, 6.45) is 3.44. The Labute approximate surface area is 94.1 Å². The number of nitriles is 1. The van der Waals surface area contributed by atoms with Gasteiger partial charge in [0.25, 0.3) is 0 Å². The fraction of sp³-hybridized carbons (Fsp3) is 0.750. The first-order valence-corrected chi connectivity index (χ1v) is 8.12. The predicted molar refractivity (Wildman–Crippen MR) is 64.8 cm³/mol. The van der Waals surface area contributed by atoms with Crippen LogP contribution in [0.25, 0.3) is 0 Å². The highest BCUT2D eigenvalue weighted by molar-refractivity contribution is 6.80. The molecule has 0 radical (unpaired) electrons. The van der Waals surface area contributed by atoms with E-state index < -0.39 is 8.32 Å². The molecule has 1 aliphatic heterocycles. The summed E-state index contributed by atoms with van der Waals surface area (Å²) in [4.78, 5) is 0. The van der Waals surface area contributed by atoms with Crippen molar-refractivity contribution in [3.05, 3.63) is 11.8 Å². The van der Waals surface area contributed by atoms with Gasteiger partial charge in [0.2, 0.25) is 8.32 Å². The van der Waals surface area contributed by atoms with Gasteiger partial charge >= 0.3 is 0 Å². The van der Waals surface area contributed by atoms with Crippen molar-refractivity contribution in [1.82, 2.24) is 0 Å². The van der Waals surface area contributed by atoms with E-state index in [1.807, 2.05) is 6.92 Å². The molecule has 1 aliphatic rings. The summed E-state index contributed by atoms with van der Waals surface area (Å²) >= 11 is 0. The molecule has 2 atom stereocenters. The molecule has 0 amide bonds. The third-order valence-corrected chi connectivity index (χ3v) is 7.90. The number of allylic oxidation sites excluding steroid dienone is 1. The van der Waals surface area contributed by atoms with E-state index in [0.29, 0.717) is 0 Å². The van der Waals surface area contributed by atoms with Crippen LogP contribution in [0.2, 0.25) is 12.1 Å². The Morgan fingerprint density at radius 3 is 2.80 bits per heavy atom. The number of hydrogen-bond donors (Lipinski definition) is 0. The Morgan fingerprint density at radius 2 is 2.33 bits per heavy atom. The molecule has 2 nitrogen and oxygen atoms in total. The zero-order valence-electron chi connectivity index (χ0n) is 9.88. The second-order valence-corrected chi connectivity index (χ2v) is 8.78. The topological polar surface area (TPSA) is 33.0 Å². The Morgan fingerprint density at radius 1 is 1.60 bits per heavy atom. The highest BCUT2D eigenvalue weighted by atomic mass is 28.4. The highest BCUT2D eigenvalue weighted by Gasteiger charge is 2.37. The smallest absolute Gasteiger partial charge is 0.219 e. The average molecular weight is 223 g/mol. The fourth-order valence-corrected chi connectivity index (χ4v) is 6.01. The summed E-state index contributed by atoms with van der Waals surface area (Å²) in [7, 11) is -1.68. The molecule has 0 aliphatic carbocycles. The number of nitrogens with zero attached hydrogens (tertiary/aromatic N) is 1. The second kappa shape index (κ2) is 5.48. The van der Waals surface area contributed by atoms with Crippen LogP contribution in [0.5, 0.6) is 0 Å². The number of hydrogen-bond acceptors (Lipinski definition) is 2. The summed E-state index contributed by atoms with van der Waals surface area (Å²) in [6, 6.07) is 4.59.